The largest absolute Gasteiger partial charge is 0.444 e. The molecule has 4 rings (SSSR count). The number of nitrogen functional groups attached to an aromatic ring is 1. The summed E-state index contributed by atoms with van der Waals surface area (Å²) in [5, 5.41) is 16.4. The van der Waals surface area contributed by atoms with Gasteiger partial charge in [-0.1, -0.05) is 37.6 Å². The number of aromatic nitrogens is 2. The molecule has 0 radical (unpaired) electrons. The van der Waals surface area contributed by atoms with Crippen molar-refractivity contribution >= 4 is 35.4 Å². The van der Waals surface area contributed by atoms with Crippen LogP contribution in [0.1, 0.15) is 61.9 Å². The first-order valence-electron chi connectivity index (χ1n) is 12.3. The number of amides is 1. The van der Waals surface area contributed by atoms with E-state index in [4.69, 9.17) is 27.3 Å². The van der Waals surface area contributed by atoms with Crippen molar-refractivity contribution < 1.29 is 14.3 Å². The molecule has 0 aliphatic carbocycles. The number of benzene rings is 2. The first-order valence-corrected chi connectivity index (χ1v) is 12.7. The second-order valence-corrected chi connectivity index (χ2v) is 9.59. The van der Waals surface area contributed by atoms with Crippen molar-refractivity contribution in [3.05, 3.63) is 70.0 Å². The lowest BCUT2D eigenvalue weighted by Gasteiger charge is -2.31. The van der Waals surface area contributed by atoms with Crippen molar-refractivity contribution in [2.45, 2.75) is 53.2 Å². The predicted octanol–water partition coefficient (Wildman–Crippen LogP) is 5.84. The molecular formula is C28H35ClN6O3. The maximum atomic E-state index is 12.1. The van der Waals surface area contributed by atoms with Gasteiger partial charge in [0.25, 0.3) is 0 Å². The highest BCUT2D eigenvalue weighted by Gasteiger charge is 2.25. The van der Waals surface area contributed by atoms with Crippen molar-refractivity contribution in [3.63, 3.8) is 0 Å². The van der Waals surface area contributed by atoms with Crippen molar-refractivity contribution in [2.24, 2.45) is 0 Å². The van der Waals surface area contributed by atoms with Crippen LogP contribution in [0.2, 0.25) is 5.02 Å². The number of fused-ring (bicyclic) bond motifs is 1. The number of carbonyl (C=O) groups excluding carboxylic acids is 2. The molecule has 3 N–H and O–H groups in total. The summed E-state index contributed by atoms with van der Waals surface area (Å²) in [6.45, 7) is 11.0. The Morgan fingerprint density at radius 3 is 2.50 bits per heavy atom. The lowest BCUT2D eigenvalue weighted by molar-refractivity contribution is 0.0224. The lowest BCUT2D eigenvalue weighted by atomic mass is 9.99. The number of anilines is 2. The number of carbonyl (C=O) groups is 2. The molecule has 0 saturated heterocycles. The van der Waals surface area contributed by atoms with Gasteiger partial charge in [0.05, 0.1) is 11.4 Å². The van der Waals surface area contributed by atoms with Gasteiger partial charge in [-0.3, -0.25) is 4.79 Å². The molecule has 0 bridgehead atoms. The van der Waals surface area contributed by atoms with Crippen LogP contribution in [0.4, 0.5) is 16.2 Å². The number of rotatable bonds is 3. The molecule has 10 heteroatoms. The molecule has 9 nitrogen and oxygen atoms in total. The maximum Gasteiger partial charge on any atom is 0.410 e. The molecule has 38 heavy (non-hydrogen) atoms. The second-order valence-electron chi connectivity index (χ2n) is 9.15. The van der Waals surface area contributed by atoms with Crippen LogP contribution in [-0.2, 0) is 17.7 Å². The minimum absolute atomic E-state index is 0.0204. The molecule has 0 fully saturated rings. The standard InChI is InChI=1S/C15H22N2O2.C11H7ClN4O.C2H6/c1-15(2,3)19-14(18)17-8-7-11-5-6-13(16-4)9-12(11)10-17;12-7-2-1-3-8(4-7)16-10(6-17)11(14)9(5-13)15-16;1-2/h5-6,9,16H,7-8,10H2,1-4H3;1-4,6H,14H2;1-2H3. The molecule has 1 aromatic heterocycles. The monoisotopic (exact) mass is 538 g/mol. The summed E-state index contributed by atoms with van der Waals surface area (Å²) >= 11 is 5.85. The fourth-order valence-corrected chi connectivity index (χ4v) is 3.82. The van der Waals surface area contributed by atoms with E-state index in [1.165, 1.54) is 15.8 Å². The summed E-state index contributed by atoms with van der Waals surface area (Å²) < 4.78 is 6.72. The zero-order valence-electron chi connectivity index (χ0n) is 22.7. The van der Waals surface area contributed by atoms with Gasteiger partial charge < -0.3 is 20.7 Å². The number of ether oxygens (including phenoxy) is 1. The van der Waals surface area contributed by atoms with Crippen LogP contribution in [-0.4, -0.2) is 46.3 Å². The molecule has 2 heterocycles. The number of hydrogen-bond donors (Lipinski definition) is 2. The van der Waals surface area contributed by atoms with E-state index < -0.39 is 5.60 Å². The third-order valence-electron chi connectivity index (χ3n) is 5.39. The lowest BCUT2D eigenvalue weighted by Crippen LogP contribution is -2.39. The van der Waals surface area contributed by atoms with Crippen LogP contribution < -0.4 is 11.1 Å². The first kappa shape index (κ1) is 30.2. The van der Waals surface area contributed by atoms with E-state index in [-0.39, 0.29) is 23.2 Å². The number of hydrogen-bond acceptors (Lipinski definition) is 7. The zero-order valence-corrected chi connectivity index (χ0v) is 23.5. The smallest absolute Gasteiger partial charge is 0.410 e. The Hall–Kier alpha value is -4.03. The average molecular weight is 539 g/mol. The van der Waals surface area contributed by atoms with Crippen LogP contribution in [0.25, 0.3) is 5.69 Å². The Kier molecular flexibility index (Phi) is 10.7. The van der Waals surface area contributed by atoms with E-state index in [1.54, 1.807) is 29.2 Å². The summed E-state index contributed by atoms with van der Waals surface area (Å²) in [6.07, 6.45) is 1.22. The third kappa shape index (κ3) is 7.73. The van der Waals surface area contributed by atoms with Crippen LogP contribution in [0.3, 0.4) is 0 Å². The van der Waals surface area contributed by atoms with E-state index in [2.05, 4.69) is 28.6 Å². The highest BCUT2D eigenvalue weighted by molar-refractivity contribution is 6.30. The molecule has 1 amide bonds. The topological polar surface area (TPSA) is 126 Å². The Bertz CT molecular complexity index is 1310. The predicted molar refractivity (Wildman–Crippen MR) is 151 cm³/mol. The molecule has 3 aromatic rings. The maximum absolute atomic E-state index is 12.1. The van der Waals surface area contributed by atoms with Crippen LogP contribution >= 0.6 is 11.6 Å². The van der Waals surface area contributed by atoms with Crippen LogP contribution in [0.15, 0.2) is 42.5 Å². The van der Waals surface area contributed by atoms with Crippen LogP contribution in [0, 0.1) is 11.3 Å². The number of nitrogens with zero attached hydrogens (tertiary/aromatic N) is 4. The van der Waals surface area contributed by atoms with Gasteiger partial charge in [0, 0.05) is 30.8 Å². The molecule has 0 spiro atoms. The molecular weight excluding hydrogens is 504 g/mol. The SMILES string of the molecule is CC.CNc1ccc2c(c1)CN(C(=O)OC(C)(C)C)CC2.N#Cc1nn(-c2cccc(Cl)c2)c(C=O)c1N. The quantitative estimate of drug-likeness (QED) is 0.401. The van der Waals surface area contributed by atoms with E-state index in [9.17, 15) is 9.59 Å². The zero-order chi connectivity index (χ0) is 28.5. The van der Waals surface area contributed by atoms with Crippen molar-refractivity contribution in [1.82, 2.24) is 14.7 Å². The molecule has 0 unspecified atom stereocenters. The van der Waals surface area contributed by atoms with Gasteiger partial charge in [0.1, 0.15) is 17.4 Å². The Morgan fingerprint density at radius 1 is 1.21 bits per heavy atom. The van der Waals surface area contributed by atoms with Crippen molar-refractivity contribution in [3.8, 4) is 11.8 Å². The van der Waals surface area contributed by atoms with E-state index in [1.807, 2.05) is 47.7 Å². The fraction of sp³-hybridized carbons (Fsp3) is 0.357. The Labute approximate surface area is 229 Å². The minimum Gasteiger partial charge on any atom is -0.444 e. The van der Waals surface area contributed by atoms with Gasteiger partial charge in [-0.2, -0.15) is 10.4 Å². The summed E-state index contributed by atoms with van der Waals surface area (Å²) in [4.78, 5) is 24.8. The normalized spacial score (nSPS) is 12.0. The number of aldehydes is 1. The molecule has 1 aliphatic heterocycles. The summed E-state index contributed by atoms with van der Waals surface area (Å²) in [5.41, 5.74) is 9.59. The van der Waals surface area contributed by atoms with E-state index in [0.29, 0.717) is 23.5 Å². The first-order chi connectivity index (χ1) is 18.1. The number of nitrogens with one attached hydrogen (secondary N) is 1. The molecule has 0 atom stereocenters. The Morgan fingerprint density at radius 2 is 1.92 bits per heavy atom. The van der Waals surface area contributed by atoms with Gasteiger partial charge in [-0.05, 0) is 68.7 Å². The van der Waals surface area contributed by atoms with Gasteiger partial charge >= 0.3 is 6.09 Å². The fourth-order valence-electron chi connectivity index (χ4n) is 3.64. The van der Waals surface area contributed by atoms with Crippen molar-refractivity contribution in [2.75, 3.05) is 24.6 Å². The van der Waals surface area contributed by atoms with E-state index >= 15 is 0 Å². The number of nitrogens with two attached hydrogens (primary N) is 1. The van der Waals surface area contributed by atoms with Crippen molar-refractivity contribution in [1.29, 1.82) is 5.26 Å². The molecule has 1 aliphatic rings. The summed E-state index contributed by atoms with van der Waals surface area (Å²) in [6, 6.07) is 14.9. The summed E-state index contributed by atoms with van der Waals surface area (Å²) in [5.74, 6) is 0. The summed E-state index contributed by atoms with van der Waals surface area (Å²) in [7, 11) is 1.90. The van der Waals surface area contributed by atoms with Gasteiger partial charge in [0.15, 0.2) is 12.0 Å². The average Bonchev–Trinajstić information content (AvgIpc) is 3.23. The van der Waals surface area contributed by atoms with Gasteiger partial charge in [-0.15, -0.1) is 0 Å². The van der Waals surface area contributed by atoms with E-state index in [0.717, 1.165) is 18.7 Å². The van der Waals surface area contributed by atoms with Gasteiger partial charge in [-0.25, -0.2) is 9.48 Å². The Balaban J connectivity index is 0.000000252. The third-order valence-corrected chi connectivity index (χ3v) is 5.62. The number of halogens is 1. The molecule has 2 aromatic carbocycles. The second kappa shape index (κ2) is 13.5. The highest BCUT2D eigenvalue weighted by Crippen LogP contribution is 2.24. The molecule has 0 saturated carbocycles. The van der Waals surface area contributed by atoms with Gasteiger partial charge in [0.2, 0.25) is 0 Å². The molecule has 202 valence electrons. The highest BCUT2D eigenvalue weighted by atomic mass is 35.5. The number of nitriles is 1. The van der Waals surface area contributed by atoms with Crippen LogP contribution in [0.5, 0.6) is 0 Å². The minimum atomic E-state index is -0.440.